The van der Waals surface area contributed by atoms with Crippen molar-refractivity contribution in [3.05, 3.63) is 85.1 Å². The first-order valence-corrected chi connectivity index (χ1v) is 30.0. The van der Waals surface area contributed by atoms with Crippen LogP contribution in [0.15, 0.2) is 85.1 Å². The summed E-state index contributed by atoms with van der Waals surface area (Å²) in [7, 11) is -4.76. The average molecular weight is 1030 g/mol. The molecule has 0 aromatic carbocycles. The lowest BCUT2D eigenvalue weighted by molar-refractivity contribution is -0.161. The summed E-state index contributed by atoms with van der Waals surface area (Å²) in [5.74, 6) is -1.51. The summed E-state index contributed by atoms with van der Waals surface area (Å²) in [5.41, 5.74) is 0. The lowest BCUT2D eigenvalue weighted by atomic mass is 10.1. The minimum atomic E-state index is -4.76. The molecule has 0 fully saturated rings. The third-order valence-electron chi connectivity index (χ3n) is 11.8. The Hall–Kier alpha value is -3.34. The number of allylic oxidation sites excluding steroid dienone is 14. The van der Waals surface area contributed by atoms with Gasteiger partial charge in [-0.3, -0.25) is 23.4 Å². The number of rotatable bonds is 52. The number of ether oxygens (including phenoxy) is 3. The van der Waals surface area contributed by atoms with Gasteiger partial charge >= 0.3 is 25.7 Å². The van der Waals surface area contributed by atoms with E-state index in [-0.39, 0.29) is 25.9 Å². The molecule has 0 rings (SSSR count). The minimum absolute atomic E-state index is 0.142. The fourth-order valence-electron chi connectivity index (χ4n) is 7.44. The zero-order chi connectivity index (χ0) is 52.7. The summed E-state index contributed by atoms with van der Waals surface area (Å²) in [6.07, 6.45) is 61.1. The van der Waals surface area contributed by atoms with Gasteiger partial charge in [0.25, 0.3) is 0 Å². The minimum Gasteiger partial charge on any atom is -0.462 e. The molecule has 0 heterocycles. The predicted molar refractivity (Wildman–Crippen MR) is 298 cm³/mol. The molecule has 2 N–H and O–H groups in total. The Morgan fingerprint density at radius 3 is 1.17 bits per heavy atom. The maximum absolute atomic E-state index is 12.9. The number of carbonyl (C=O) groups is 3. The first-order chi connectivity index (χ1) is 35.2. The van der Waals surface area contributed by atoms with Crippen molar-refractivity contribution in [2.24, 2.45) is 0 Å². The molecule has 12 heteroatoms. The topological polar surface area (TPSA) is 155 Å². The van der Waals surface area contributed by atoms with Gasteiger partial charge in [-0.05, 0) is 109 Å². The summed E-state index contributed by atoms with van der Waals surface area (Å²) in [4.78, 5) is 48.5. The fourth-order valence-corrected chi connectivity index (χ4v) is 8.22. The lowest BCUT2D eigenvalue weighted by Gasteiger charge is -2.21. The zero-order valence-corrected chi connectivity index (χ0v) is 46.5. The molecule has 0 aliphatic carbocycles. The standard InChI is InChI=1S/C60H103O11P/c1-4-7-10-13-16-19-22-25-27-28-30-32-34-37-40-43-46-49-58(62)67-53-57(71-60(64)51-48-45-42-39-36-33-29-26-23-20-17-14-11-8-5-2)55-69-72(65,66)68-54-56(52-61)70-59(63)50-47-44-41-38-35-31-24-21-18-15-12-9-6-3/h8,11-12,15-17,19-21,24-27,29,56-57,61H,4-7,9-10,13-14,18,22-23,28,30-55H2,1-3H3,(H,65,66)/b11-8-,15-12-,19-16-,20-17-,24-21-,27-25-,29-26-. The van der Waals surface area contributed by atoms with Crippen molar-refractivity contribution >= 4 is 25.7 Å². The predicted octanol–water partition coefficient (Wildman–Crippen LogP) is 16.7. The van der Waals surface area contributed by atoms with Gasteiger partial charge in [0.05, 0.1) is 19.8 Å². The van der Waals surface area contributed by atoms with E-state index in [0.29, 0.717) is 19.3 Å². The van der Waals surface area contributed by atoms with E-state index in [1.807, 2.05) is 0 Å². The molecule has 0 spiro atoms. The maximum Gasteiger partial charge on any atom is 0.472 e. The molecular formula is C60H103O11P. The Morgan fingerprint density at radius 1 is 0.403 bits per heavy atom. The molecule has 72 heavy (non-hydrogen) atoms. The van der Waals surface area contributed by atoms with Gasteiger partial charge in [-0.1, -0.05) is 196 Å². The molecule has 0 aliphatic heterocycles. The van der Waals surface area contributed by atoms with Crippen molar-refractivity contribution in [3.8, 4) is 0 Å². The maximum atomic E-state index is 12.9. The number of hydrogen-bond donors (Lipinski definition) is 2. The largest absolute Gasteiger partial charge is 0.472 e. The van der Waals surface area contributed by atoms with Gasteiger partial charge in [-0.2, -0.15) is 0 Å². The van der Waals surface area contributed by atoms with Gasteiger partial charge < -0.3 is 24.2 Å². The van der Waals surface area contributed by atoms with Crippen LogP contribution in [0.5, 0.6) is 0 Å². The average Bonchev–Trinajstić information content (AvgIpc) is 3.37. The Kier molecular flexibility index (Phi) is 51.4. The number of phosphoric ester groups is 1. The highest BCUT2D eigenvalue weighted by Gasteiger charge is 2.28. The van der Waals surface area contributed by atoms with Gasteiger partial charge in [-0.25, -0.2) is 4.57 Å². The van der Waals surface area contributed by atoms with Gasteiger partial charge in [0.15, 0.2) is 6.10 Å². The molecule has 0 amide bonds. The van der Waals surface area contributed by atoms with Crippen molar-refractivity contribution in [1.29, 1.82) is 0 Å². The second-order valence-electron chi connectivity index (χ2n) is 18.7. The summed E-state index contributed by atoms with van der Waals surface area (Å²) >= 11 is 0. The quantitative estimate of drug-likeness (QED) is 0.0197. The number of aliphatic hydroxyl groups is 1. The van der Waals surface area contributed by atoms with E-state index in [2.05, 4.69) is 106 Å². The highest BCUT2D eigenvalue weighted by Crippen LogP contribution is 2.43. The Bertz CT molecular complexity index is 1530. The first kappa shape index (κ1) is 68.7. The number of aliphatic hydroxyl groups excluding tert-OH is 1. The van der Waals surface area contributed by atoms with E-state index < -0.39 is 57.8 Å². The summed E-state index contributed by atoms with van der Waals surface area (Å²) in [6.45, 7) is 4.40. The third-order valence-corrected chi connectivity index (χ3v) is 12.7. The van der Waals surface area contributed by atoms with E-state index in [1.165, 1.54) is 38.5 Å². The molecule has 0 aliphatic rings. The molecule has 0 saturated heterocycles. The van der Waals surface area contributed by atoms with Gasteiger partial charge in [-0.15, -0.1) is 0 Å². The zero-order valence-electron chi connectivity index (χ0n) is 45.6. The van der Waals surface area contributed by atoms with Crippen molar-refractivity contribution in [3.63, 3.8) is 0 Å². The third kappa shape index (κ3) is 51.6. The Balaban J connectivity index is 4.77. The van der Waals surface area contributed by atoms with E-state index in [9.17, 15) is 28.9 Å². The number of unbranched alkanes of at least 4 members (excludes halogenated alkanes) is 21. The molecule has 414 valence electrons. The van der Waals surface area contributed by atoms with Crippen LogP contribution in [0.4, 0.5) is 0 Å². The highest BCUT2D eigenvalue weighted by atomic mass is 31.2. The number of hydrogen-bond acceptors (Lipinski definition) is 10. The van der Waals surface area contributed by atoms with Gasteiger partial charge in [0.2, 0.25) is 0 Å². The molecule has 0 bridgehead atoms. The van der Waals surface area contributed by atoms with Crippen molar-refractivity contribution in [1.82, 2.24) is 0 Å². The SMILES string of the molecule is CC/C=C\C/C=C\C/C=C\CCCCCCCC(=O)OC(COC(=O)CCCCCCCCC/C=C\C/C=C\CCCCC)COP(=O)(O)OCC(CO)OC(=O)CCCCCCC/C=C\C/C=C\CCC. The van der Waals surface area contributed by atoms with Crippen LogP contribution >= 0.6 is 7.82 Å². The van der Waals surface area contributed by atoms with Crippen LogP contribution in [0.1, 0.15) is 239 Å². The van der Waals surface area contributed by atoms with E-state index in [4.69, 9.17) is 23.3 Å². The van der Waals surface area contributed by atoms with Crippen LogP contribution in [0.2, 0.25) is 0 Å². The summed E-state index contributed by atoms with van der Waals surface area (Å²) in [5, 5.41) is 9.80. The van der Waals surface area contributed by atoms with Crippen molar-refractivity contribution < 1.29 is 52.2 Å². The second-order valence-corrected chi connectivity index (χ2v) is 20.2. The molecule has 0 radical (unpaired) electrons. The fraction of sp³-hybridized carbons (Fsp3) is 0.717. The summed E-state index contributed by atoms with van der Waals surface area (Å²) < 4.78 is 39.5. The summed E-state index contributed by atoms with van der Waals surface area (Å²) in [6, 6.07) is 0. The number of carbonyl (C=O) groups excluding carboxylic acids is 3. The van der Waals surface area contributed by atoms with Gasteiger partial charge in [0.1, 0.15) is 12.7 Å². The molecule has 11 nitrogen and oxygen atoms in total. The van der Waals surface area contributed by atoms with E-state index >= 15 is 0 Å². The van der Waals surface area contributed by atoms with Gasteiger partial charge in [0, 0.05) is 19.3 Å². The molecule has 0 aromatic rings. The lowest BCUT2D eigenvalue weighted by Crippen LogP contribution is -2.30. The van der Waals surface area contributed by atoms with E-state index in [1.54, 1.807) is 0 Å². The van der Waals surface area contributed by atoms with Crippen LogP contribution in [0.3, 0.4) is 0 Å². The van der Waals surface area contributed by atoms with Crippen LogP contribution in [-0.4, -0.2) is 66.5 Å². The van der Waals surface area contributed by atoms with Crippen LogP contribution in [0.25, 0.3) is 0 Å². The Labute approximate surface area is 439 Å². The number of esters is 3. The van der Waals surface area contributed by atoms with Crippen LogP contribution < -0.4 is 0 Å². The first-order valence-electron chi connectivity index (χ1n) is 28.5. The van der Waals surface area contributed by atoms with Crippen LogP contribution in [0, 0.1) is 0 Å². The normalized spacial score (nSPS) is 14.0. The monoisotopic (exact) mass is 1030 g/mol. The smallest absolute Gasteiger partial charge is 0.462 e. The highest BCUT2D eigenvalue weighted by molar-refractivity contribution is 7.47. The molecule has 3 unspecified atom stereocenters. The van der Waals surface area contributed by atoms with Crippen LogP contribution in [-0.2, 0) is 42.2 Å². The molecule has 0 aromatic heterocycles. The van der Waals surface area contributed by atoms with Crippen molar-refractivity contribution in [2.45, 2.75) is 251 Å². The van der Waals surface area contributed by atoms with E-state index in [0.717, 1.165) is 141 Å². The molecule has 0 saturated carbocycles. The number of phosphoric acid groups is 1. The molecule has 3 atom stereocenters. The Morgan fingerprint density at radius 2 is 0.750 bits per heavy atom. The second kappa shape index (κ2) is 53.9. The van der Waals surface area contributed by atoms with Crippen molar-refractivity contribution in [2.75, 3.05) is 26.4 Å². The molecular weight excluding hydrogens is 928 g/mol.